The van der Waals surface area contributed by atoms with E-state index in [1.54, 1.807) is 12.1 Å². The molecule has 3 rings (SSSR count). The predicted octanol–water partition coefficient (Wildman–Crippen LogP) is 4.64. The summed E-state index contributed by atoms with van der Waals surface area (Å²) in [7, 11) is 0. The van der Waals surface area contributed by atoms with Crippen LogP contribution in [0.2, 0.25) is 5.02 Å². The maximum absolute atomic E-state index is 12.5. The number of hydrogen-bond donors (Lipinski definition) is 2. The standard InChI is InChI=1S/C18H17ClN2O2S/c1-9-6-10(2)16(13(19)7-9)21-18(23)12-4-5-15-14(8-12)20-17(22)11(3)24-15/h4-8,11H,1-3H3,(H,20,22)(H,21,23). The highest BCUT2D eigenvalue weighted by atomic mass is 35.5. The van der Waals surface area contributed by atoms with E-state index >= 15 is 0 Å². The number of rotatable bonds is 2. The van der Waals surface area contributed by atoms with Gasteiger partial charge in [-0.2, -0.15) is 0 Å². The lowest BCUT2D eigenvalue weighted by Crippen LogP contribution is -2.26. The topological polar surface area (TPSA) is 58.2 Å². The van der Waals surface area contributed by atoms with Crippen LogP contribution in [0.5, 0.6) is 0 Å². The highest BCUT2D eigenvalue weighted by molar-refractivity contribution is 8.00. The van der Waals surface area contributed by atoms with Gasteiger partial charge in [0, 0.05) is 10.5 Å². The Balaban J connectivity index is 1.87. The SMILES string of the molecule is Cc1cc(C)c(NC(=O)c2ccc3c(c2)NC(=O)C(C)S3)c(Cl)c1. The smallest absolute Gasteiger partial charge is 0.255 e. The number of thioether (sulfide) groups is 1. The van der Waals surface area contributed by atoms with Gasteiger partial charge in [-0.05, 0) is 56.2 Å². The maximum atomic E-state index is 12.5. The first kappa shape index (κ1) is 16.9. The molecule has 1 heterocycles. The lowest BCUT2D eigenvalue weighted by molar-refractivity contribution is -0.115. The highest BCUT2D eigenvalue weighted by Gasteiger charge is 2.24. The van der Waals surface area contributed by atoms with Gasteiger partial charge in [0.15, 0.2) is 0 Å². The zero-order valence-corrected chi connectivity index (χ0v) is 15.1. The first-order valence-corrected chi connectivity index (χ1v) is 8.80. The number of aryl methyl sites for hydroxylation is 2. The van der Waals surface area contributed by atoms with Gasteiger partial charge in [0.05, 0.1) is 21.6 Å². The van der Waals surface area contributed by atoms with E-state index in [4.69, 9.17) is 11.6 Å². The second-order valence-corrected chi connectivity index (χ2v) is 7.64. The van der Waals surface area contributed by atoms with Gasteiger partial charge in [0.2, 0.25) is 5.91 Å². The molecular weight excluding hydrogens is 344 g/mol. The fraction of sp³-hybridized carbons (Fsp3) is 0.222. The second-order valence-electron chi connectivity index (χ2n) is 5.85. The van der Waals surface area contributed by atoms with Crippen LogP contribution in [0.15, 0.2) is 35.2 Å². The lowest BCUT2D eigenvalue weighted by atomic mass is 10.1. The molecule has 2 N–H and O–H groups in total. The fourth-order valence-corrected chi connectivity index (χ4v) is 3.91. The number of carbonyl (C=O) groups is 2. The molecule has 1 unspecified atom stereocenters. The van der Waals surface area contributed by atoms with Crippen molar-refractivity contribution in [3.05, 3.63) is 52.0 Å². The zero-order chi connectivity index (χ0) is 17.4. The molecule has 0 spiro atoms. The van der Waals surface area contributed by atoms with Crippen LogP contribution >= 0.6 is 23.4 Å². The van der Waals surface area contributed by atoms with Gasteiger partial charge >= 0.3 is 0 Å². The molecule has 0 aromatic heterocycles. The number of amides is 2. The predicted molar refractivity (Wildman–Crippen MR) is 99.3 cm³/mol. The summed E-state index contributed by atoms with van der Waals surface area (Å²) in [4.78, 5) is 25.3. The molecule has 124 valence electrons. The molecule has 1 aliphatic heterocycles. The molecule has 0 fully saturated rings. The minimum Gasteiger partial charge on any atom is -0.324 e. The maximum Gasteiger partial charge on any atom is 0.255 e. The second kappa shape index (κ2) is 6.49. The third kappa shape index (κ3) is 3.28. The average Bonchev–Trinajstić information content (AvgIpc) is 2.51. The Kier molecular flexibility index (Phi) is 4.56. The molecule has 0 bridgehead atoms. The lowest BCUT2D eigenvalue weighted by Gasteiger charge is -2.21. The Hall–Kier alpha value is -1.98. The van der Waals surface area contributed by atoms with E-state index in [0.717, 1.165) is 16.0 Å². The molecule has 4 nitrogen and oxygen atoms in total. The molecule has 0 radical (unpaired) electrons. The summed E-state index contributed by atoms with van der Waals surface area (Å²) in [6, 6.07) is 9.08. The first-order valence-electron chi connectivity index (χ1n) is 7.55. The van der Waals surface area contributed by atoms with Crippen LogP contribution in [0.25, 0.3) is 0 Å². The number of hydrogen-bond acceptors (Lipinski definition) is 3. The van der Waals surface area contributed by atoms with E-state index in [1.807, 2.05) is 39.0 Å². The van der Waals surface area contributed by atoms with Crippen molar-refractivity contribution in [3.63, 3.8) is 0 Å². The van der Waals surface area contributed by atoms with E-state index in [2.05, 4.69) is 10.6 Å². The fourth-order valence-electron chi connectivity index (χ4n) is 2.61. The number of nitrogens with one attached hydrogen (secondary N) is 2. The number of anilines is 2. The molecule has 0 saturated carbocycles. The molecule has 2 aromatic carbocycles. The highest BCUT2D eigenvalue weighted by Crippen LogP contribution is 2.36. The molecule has 0 saturated heterocycles. The summed E-state index contributed by atoms with van der Waals surface area (Å²) >= 11 is 7.73. The molecule has 1 atom stereocenters. The minimum absolute atomic E-state index is 0.0533. The first-order chi connectivity index (χ1) is 11.3. The number of benzene rings is 2. The monoisotopic (exact) mass is 360 g/mol. The average molecular weight is 361 g/mol. The molecule has 2 amide bonds. The Morgan fingerprint density at radius 2 is 2.00 bits per heavy atom. The van der Waals surface area contributed by atoms with Crippen LogP contribution in [-0.4, -0.2) is 17.1 Å². The van der Waals surface area contributed by atoms with Crippen molar-refractivity contribution in [2.75, 3.05) is 10.6 Å². The zero-order valence-electron chi connectivity index (χ0n) is 13.6. The Bertz CT molecular complexity index is 828. The molecular formula is C18H17ClN2O2S. The third-order valence-corrected chi connectivity index (χ3v) is 5.32. The van der Waals surface area contributed by atoms with Gasteiger partial charge in [0.1, 0.15) is 0 Å². The van der Waals surface area contributed by atoms with Crippen LogP contribution in [0.3, 0.4) is 0 Å². The summed E-state index contributed by atoms with van der Waals surface area (Å²) in [5, 5.41) is 6.07. The Morgan fingerprint density at radius 1 is 1.25 bits per heavy atom. The van der Waals surface area contributed by atoms with Crippen molar-refractivity contribution >= 4 is 46.6 Å². The number of carbonyl (C=O) groups excluding carboxylic acids is 2. The summed E-state index contributed by atoms with van der Waals surface area (Å²) < 4.78 is 0. The largest absolute Gasteiger partial charge is 0.324 e. The van der Waals surface area contributed by atoms with Crippen molar-refractivity contribution in [3.8, 4) is 0 Å². The molecule has 24 heavy (non-hydrogen) atoms. The quantitative estimate of drug-likeness (QED) is 0.820. The van der Waals surface area contributed by atoms with Crippen LogP contribution in [0.1, 0.15) is 28.4 Å². The van der Waals surface area contributed by atoms with Crippen LogP contribution in [0, 0.1) is 13.8 Å². The van der Waals surface area contributed by atoms with E-state index in [-0.39, 0.29) is 17.1 Å². The normalized spacial score (nSPS) is 16.3. The van der Waals surface area contributed by atoms with Gasteiger partial charge in [-0.15, -0.1) is 11.8 Å². The number of fused-ring (bicyclic) bond motifs is 1. The van der Waals surface area contributed by atoms with Crippen molar-refractivity contribution in [2.45, 2.75) is 30.9 Å². The van der Waals surface area contributed by atoms with Crippen LogP contribution in [0.4, 0.5) is 11.4 Å². The number of halogens is 1. The summed E-state index contributed by atoms with van der Waals surface area (Å²) in [6.45, 7) is 5.71. The summed E-state index contributed by atoms with van der Waals surface area (Å²) in [6.07, 6.45) is 0. The third-order valence-electron chi connectivity index (χ3n) is 3.84. The van der Waals surface area contributed by atoms with Crippen LogP contribution in [-0.2, 0) is 4.79 Å². The molecule has 0 aliphatic carbocycles. The van der Waals surface area contributed by atoms with E-state index < -0.39 is 0 Å². The van der Waals surface area contributed by atoms with E-state index in [9.17, 15) is 9.59 Å². The molecule has 2 aromatic rings. The molecule has 1 aliphatic rings. The van der Waals surface area contributed by atoms with E-state index in [1.165, 1.54) is 11.8 Å². The Morgan fingerprint density at radius 3 is 2.71 bits per heavy atom. The van der Waals surface area contributed by atoms with Crippen molar-refractivity contribution in [1.29, 1.82) is 0 Å². The van der Waals surface area contributed by atoms with Crippen molar-refractivity contribution < 1.29 is 9.59 Å². The van der Waals surface area contributed by atoms with Gasteiger partial charge in [-0.3, -0.25) is 9.59 Å². The Labute approximate surface area is 150 Å². The van der Waals surface area contributed by atoms with Gasteiger partial charge < -0.3 is 10.6 Å². The molecule has 6 heteroatoms. The van der Waals surface area contributed by atoms with Gasteiger partial charge in [-0.25, -0.2) is 0 Å². The van der Waals surface area contributed by atoms with Crippen LogP contribution < -0.4 is 10.6 Å². The van der Waals surface area contributed by atoms with Gasteiger partial charge in [0.25, 0.3) is 5.91 Å². The summed E-state index contributed by atoms with van der Waals surface area (Å²) in [5.41, 5.74) is 3.70. The van der Waals surface area contributed by atoms with Gasteiger partial charge in [-0.1, -0.05) is 17.7 Å². The van der Waals surface area contributed by atoms with E-state index in [0.29, 0.717) is 22.0 Å². The van der Waals surface area contributed by atoms with Crippen molar-refractivity contribution in [1.82, 2.24) is 0 Å². The summed E-state index contributed by atoms with van der Waals surface area (Å²) in [5.74, 6) is -0.313. The van der Waals surface area contributed by atoms with Crippen molar-refractivity contribution in [2.24, 2.45) is 0 Å². The minimum atomic E-state index is -0.260.